The molecule has 0 bridgehead atoms. The maximum absolute atomic E-state index is 11.8. The number of benzene rings is 1. The number of nitrogens with one attached hydrogen (secondary N) is 2. The maximum atomic E-state index is 11.8. The van der Waals surface area contributed by atoms with Gasteiger partial charge in [-0.3, -0.25) is 4.79 Å². The van der Waals surface area contributed by atoms with Crippen molar-refractivity contribution in [3.8, 4) is 0 Å². The molecule has 1 aliphatic heterocycles. The largest absolute Gasteiger partial charge is 0.364 e. The molecule has 0 saturated carbocycles. The third-order valence-electron chi connectivity index (χ3n) is 3.35. The van der Waals surface area contributed by atoms with E-state index in [0.29, 0.717) is 12.2 Å². The fraction of sp³-hybridized carbons (Fsp3) is 0.286. The number of rotatable bonds is 3. The number of hydrogen-bond donors (Lipinski definition) is 2. The highest BCUT2D eigenvalue weighted by molar-refractivity contribution is 5.91. The van der Waals surface area contributed by atoms with Gasteiger partial charge in [0, 0.05) is 18.7 Å². The van der Waals surface area contributed by atoms with Crippen molar-refractivity contribution < 1.29 is 9.32 Å². The average molecular weight is 294 g/mol. The van der Waals surface area contributed by atoms with E-state index < -0.39 is 0 Å². The zero-order valence-corrected chi connectivity index (χ0v) is 11.7. The Balaban J connectivity index is 0.00000147. The van der Waals surface area contributed by atoms with E-state index >= 15 is 0 Å². The van der Waals surface area contributed by atoms with E-state index in [2.05, 4.69) is 38.5 Å². The van der Waals surface area contributed by atoms with Crippen molar-refractivity contribution in [3.05, 3.63) is 53.4 Å². The molecule has 1 amide bonds. The highest BCUT2D eigenvalue weighted by Gasteiger charge is 2.20. The average Bonchev–Trinajstić information content (AvgIpc) is 2.99. The molecule has 1 atom stereocenters. The molecule has 2 aromatic rings. The van der Waals surface area contributed by atoms with Crippen LogP contribution in [0, 0.1) is 0 Å². The predicted octanol–water partition coefficient (Wildman–Crippen LogP) is 1.71. The second-order valence-corrected chi connectivity index (χ2v) is 4.55. The number of carbonyl (C=O) groups excluding carboxylic acids is 1. The van der Waals surface area contributed by atoms with Crippen LogP contribution in [-0.2, 0) is 6.42 Å². The molecule has 0 fully saturated rings. The van der Waals surface area contributed by atoms with Gasteiger partial charge in [-0.2, -0.15) is 0 Å². The summed E-state index contributed by atoms with van der Waals surface area (Å²) in [6, 6.07) is 10.0. The van der Waals surface area contributed by atoms with Crippen molar-refractivity contribution in [2.24, 2.45) is 0 Å². The standard InChI is InChI=1S/C14H15N3O2.ClH/c18-14(12-6-8-19-17-12)16-9-13-11-4-2-1-3-10(11)5-7-15-13;/h1-4,6,8,13,15H,5,7,9H2,(H,16,18);1H. The van der Waals surface area contributed by atoms with Crippen LogP contribution in [0.4, 0.5) is 0 Å². The van der Waals surface area contributed by atoms with Crippen LogP contribution in [0.1, 0.15) is 27.7 Å². The molecule has 3 rings (SSSR count). The molecule has 1 aliphatic rings. The van der Waals surface area contributed by atoms with Crippen LogP contribution >= 0.6 is 12.4 Å². The highest BCUT2D eigenvalue weighted by atomic mass is 35.5. The van der Waals surface area contributed by atoms with Crippen molar-refractivity contribution in [1.29, 1.82) is 0 Å². The number of halogens is 1. The Hall–Kier alpha value is -1.85. The number of carbonyl (C=O) groups is 1. The molecule has 1 unspecified atom stereocenters. The Bertz CT molecular complexity index is 572. The van der Waals surface area contributed by atoms with Crippen molar-refractivity contribution >= 4 is 18.3 Å². The fourth-order valence-electron chi connectivity index (χ4n) is 2.39. The number of amides is 1. The summed E-state index contributed by atoms with van der Waals surface area (Å²) >= 11 is 0. The van der Waals surface area contributed by atoms with Gasteiger partial charge < -0.3 is 15.2 Å². The van der Waals surface area contributed by atoms with E-state index in [0.717, 1.165) is 13.0 Å². The Morgan fingerprint density at radius 2 is 2.25 bits per heavy atom. The number of hydrogen-bond acceptors (Lipinski definition) is 4. The molecule has 2 heterocycles. The molecule has 0 aliphatic carbocycles. The second-order valence-electron chi connectivity index (χ2n) is 4.55. The quantitative estimate of drug-likeness (QED) is 0.904. The van der Waals surface area contributed by atoms with Crippen LogP contribution in [-0.4, -0.2) is 24.2 Å². The molecule has 0 saturated heterocycles. The third kappa shape index (κ3) is 3.00. The van der Waals surface area contributed by atoms with Gasteiger partial charge in [0.25, 0.3) is 5.91 Å². The fourth-order valence-corrected chi connectivity index (χ4v) is 2.39. The predicted molar refractivity (Wildman–Crippen MR) is 77.0 cm³/mol. The first-order valence-corrected chi connectivity index (χ1v) is 6.34. The second kappa shape index (κ2) is 6.54. The zero-order chi connectivity index (χ0) is 13.1. The van der Waals surface area contributed by atoms with Gasteiger partial charge in [-0.1, -0.05) is 29.4 Å². The van der Waals surface area contributed by atoms with Gasteiger partial charge in [-0.05, 0) is 24.1 Å². The summed E-state index contributed by atoms with van der Waals surface area (Å²) < 4.78 is 4.66. The Morgan fingerprint density at radius 3 is 3.05 bits per heavy atom. The van der Waals surface area contributed by atoms with Gasteiger partial charge in [0.2, 0.25) is 0 Å². The third-order valence-corrected chi connectivity index (χ3v) is 3.35. The summed E-state index contributed by atoms with van der Waals surface area (Å²) in [4.78, 5) is 11.8. The smallest absolute Gasteiger partial charge is 0.273 e. The molecule has 0 spiro atoms. The van der Waals surface area contributed by atoms with Crippen LogP contribution < -0.4 is 10.6 Å². The van der Waals surface area contributed by atoms with Crippen LogP contribution in [0.5, 0.6) is 0 Å². The minimum atomic E-state index is -0.210. The lowest BCUT2D eigenvalue weighted by Gasteiger charge is -2.26. The summed E-state index contributed by atoms with van der Waals surface area (Å²) in [5, 5.41) is 9.91. The van der Waals surface area contributed by atoms with Gasteiger partial charge in [0.05, 0.1) is 0 Å². The minimum absolute atomic E-state index is 0. The lowest BCUT2D eigenvalue weighted by molar-refractivity contribution is 0.0940. The number of nitrogens with zero attached hydrogens (tertiary/aromatic N) is 1. The molecule has 0 radical (unpaired) electrons. The molecule has 2 N–H and O–H groups in total. The summed E-state index contributed by atoms with van der Waals surface area (Å²) in [5.74, 6) is -0.210. The molecule has 106 valence electrons. The lowest BCUT2D eigenvalue weighted by Crippen LogP contribution is -2.38. The summed E-state index contributed by atoms with van der Waals surface area (Å²) in [6.45, 7) is 1.48. The van der Waals surface area contributed by atoms with Gasteiger partial charge in [0.15, 0.2) is 5.69 Å². The molecule has 1 aromatic carbocycles. The molecule has 20 heavy (non-hydrogen) atoms. The van der Waals surface area contributed by atoms with Crippen LogP contribution in [0.15, 0.2) is 41.1 Å². The first-order chi connectivity index (χ1) is 9.34. The van der Waals surface area contributed by atoms with E-state index in [9.17, 15) is 4.79 Å². The zero-order valence-electron chi connectivity index (χ0n) is 10.8. The molecular formula is C14H16ClN3O2. The van der Waals surface area contributed by atoms with Crippen molar-refractivity contribution in [2.75, 3.05) is 13.1 Å². The van der Waals surface area contributed by atoms with Crippen molar-refractivity contribution in [1.82, 2.24) is 15.8 Å². The summed E-state index contributed by atoms with van der Waals surface area (Å²) in [7, 11) is 0. The Labute approximate surface area is 123 Å². The van der Waals surface area contributed by atoms with Gasteiger partial charge >= 0.3 is 0 Å². The first kappa shape index (κ1) is 14.6. The van der Waals surface area contributed by atoms with E-state index in [1.165, 1.54) is 17.4 Å². The normalized spacial score (nSPS) is 16.9. The molecule has 1 aromatic heterocycles. The van der Waals surface area contributed by atoms with Gasteiger partial charge in [-0.25, -0.2) is 0 Å². The lowest BCUT2D eigenvalue weighted by atomic mass is 9.94. The van der Waals surface area contributed by atoms with Crippen molar-refractivity contribution in [2.45, 2.75) is 12.5 Å². The summed E-state index contributed by atoms with van der Waals surface area (Å²) in [5.41, 5.74) is 2.92. The topological polar surface area (TPSA) is 67.2 Å². The SMILES string of the molecule is Cl.O=C(NCC1NCCc2ccccc21)c1ccon1. The van der Waals surface area contributed by atoms with E-state index in [4.69, 9.17) is 0 Å². The first-order valence-electron chi connectivity index (χ1n) is 6.34. The van der Waals surface area contributed by atoms with Crippen LogP contribution in [0.25, 0.3) is 0 Å². The van der Waals surface area contributed by atoms with Crippen molar-refractivity contribution in [3.63, 3.8) is 0 Å². The highest BCUT2D eigenvalue weighted by Crippen LogP contribution is 2.21. The monoisotopic (exact) mass is 293 g/mol. The van der Waals surface area contributed by atoms with E-state index in [-0.39, 0.29) is 24.4 Å². The van der Waals surface area contributed by atoms with Crippen LogP contribution in [0.2, 0.25) is 0 Å². The van der Waals surface area contributed by atoms with Gasteiger partial charge in [-0.15, -0.1) is 12.4 Å². The molecule has 5 nitrogen and oxygen atoms in total. The van der Waals surface area contributed by atoms with E-state index in [1.54, 1.807) is 6.07 Å². The van der Waals surface area contributed by atoms with E-state index in [1.807, 2.05) is 6.07 Å². The van der Waals surface area contributed by atoms with Crippen LogP contribution in [0.3, 0.4) is 0 Å². The Morgan fingerprint density at radius 1 is 1.40 bits per heavy atom. The Kier molecular flexibility index (Phi) is 4.76. The maximum Gasteiger partial charge on any atom is 0.273 e. The molecular weight excluding hydrogens is 278 g/mol. The summed E-state index contributed by atoms with van der Waals surface area (Å²) in [6.07, 6.45) is 2.42. The van der Waals surface area contributed by atoms with Gasteiger partial charge in [0.1, 0.15) is 6.26 Å². The number of aromatic nitrogens is 1. The molecule has 6 heteroatoms. The number of fused-ring (bicyclic) bond motifs is 1. The minimum Gasteiger partial charge on any atom is -0.364 e.